The summed E-state index contributed by atoms with van der Waals surface area (Å²) in [6.45, 7) is 0.156. The number of amides is 1. The Morgan fingerprint density at radius 2 is 2.10 bits per heavy atom. The first kappa shape index (κ1) is 21.4. The highest BCUT2D eigenvalue weighted by molar-refractivity contribution is 7.18. The number of halogens is 1. The first-order valence-electron chi connectivity index (χ1n) is 9.63. The van der Waals surface area contributed by atoms with Crippen LogP contribution in [0.15, 0.2) is 58.3 Å². The number of nitrogens with zero attached hydrogens (tertiary/aromatic N) is 3. The van der Waals surface area contributed by atoms with E-state index in [1.165, 1.54) is 34.4 Å². The molecule has 0 bridgehead atoms. The van der Waals surface area contributed by atoms with E-state index in [9.17, 15) is 14.0 Å². The number of aromatic nitrogens is 2. The Morgan fingerprint density at radius 1 is 1.26 bits per heavy atom. The molecular formula is C22H21FN4O2S2. The van der Waals surface area contributed by atoms with Crippen molar-refractivity contribution in [2.75, 3.05) is 20.6 Å². The molecule has 0 aliphatic rings. The standard InChI is InChI=1S/C22H21FN4O2S2/c1-26(2)17(14-5-3-6-15(23)9-14)10-24-19(28)11-27-13-25-21-20(22(27)29)16(12-31-21)18-7-4-8-30-18/h3-9,12-13,17H,10-11H2,1-2H3,(H,24,28). The van der Waals surface area contributed by atoms with Crippen LogP contribution in [0.25, 0.3) is 20.7 Å². The van der Waals surface area contributed by atoms with Crippen LogP contribution in [0.2, 0.25) is 0 Å². The van der Waals surface area contributed by atoms with E-state index in [0.717, 1.165) is 16.0 Å². The van der Waals surface area contributed by atoms with Gasteiger partial charge in [-0.15, -0.1) is 22.7 Å². The van der Waals surface area contributed by atoms with Crippen LogP contribution in [0, 0.1) is 5.82 Å². The molecule has 0 aliphatic heterocycles. The van der Waals surface area contributed by atoms with Crippen molar-refractivity contribution in [3.8, 4) is 10.4 Å². The van der Waals surface area contributed by atoms with Crippen molar-refractivity contribution in [2.45, 2.75) is 12.6 Å². The number of hydrogen-bond donors (Lipinski definition) is 1. The summed E-state index contributed by atoms with van der Waals surface area (Å²) in [5.74, 6) is -0.627. The molecule has 3 aromatic heterocycles. The van der Waals surface area contributed by atoms with E-state index in [1.54, 1.807) is 17.4 Å². The zero-order valence-electron chi connectivity index (χ0n) is 17.0. The molecule has 1 amide bonds. The second kappa shape index (κ2) is 9.09. The van der Waals surface area contributed by atoms with Gasteiger partial charge in [0.15, 0.2) is 0 Å². The lowest BCUT2D eigenvalue weighted by Gasteiger charge is -2.25. The van der Waals surface area contributed by atoms with Crippen LogP contribution in [0.5, 0.6) is 0 Å². The molecule has 0 spiro atoms. The molecule has 1 unspecified atom stereocenters. The van der Waals surface area contributed by atoms with Crippen molar-refractivity contribution < 1.29 is 9.18 Å². The Labute approximate surface area is 186 Å². The van der Waals surface area contributed by atoms with Gasteiger partial charge in [-0.05, 0) is 43.2 Å². The van der Waals surface area contributed by atoms with Crippen molar-refractivity contribution in [3.63, 3.8) is 0 Å². The molecule has 9 heteroatoms. The number of carbonyl (C=O) groups excluding carboxylic acids is 1. The van der Waals surface area contributed by atoms with E-state index >= 15 is 0 Å². The van der Waals surface area contributed by atoms with E-state index in [0.29, 0.717) is 16.8 Å². The number of carbonyl (C=O) groups is 1. The second-order valence-electron chi connectivity index (χ2n) is 7.32. The van der Waals surface area contributed by atoms with Crippen LogP contribution in [-0.4, -0.2) is 41.0 Å². The minimum atomic E-state index is -0.320. The van der Waals surface area contributed by atoms with Crippen molar-refractivity contribution in [2.24, 2.45) is 0 Å². The number of benzene rings is 1. The monoisotopic (exact) mass is 456 g/mol. The van der Waals surface area contributed by atoms with Gasteiger partial charge >= 0.3 is 0 Å². The number of rotatable bonds is 7. The molecule has 4 rings (SSSR count). The minimum Gasteiger partial charge on any atom is -0.353 e. The van der Waals surface area contributed by atoms with E-state index in [1.807, 2.05) is 48.0 Å². The van der Waals surface area contributed by atoms with Gasteiger partial charge in [-0.25, -0.2) is 9.37 Å². The van der Waals surface area contributed by atoms with Gasteiger partial charge in [0.25, 0.3) is 5.56 Å². The Hall–Kier alpha value is -2.88. The first-order valence-corrected chi connectivity index (χ1v) is 11.4. The Balaban J connectivity index is 1.51. The molecule has 31 heavy (non-hydrogen) atoms. The van der Waals surface area contributed by atoms with Crippen molar-refractivity contribution >= 4 is 38.8 Å². The summed E-state index contributed by atoms with van der Waals surface area (Å²) in [5.41, 5.74) is 1.38. The Morgan fingerprint density at radius 3 is 2.81 bits per heavy atom. The SMILES string of the molecule is CN(C)C(CNC(=O)Cn1cnc2scc(-c3cccs3)c2c1=O)c1cccc(F)c1. The van der Waals surface area contributed by atoms with Crippen LogP contribution < -0.4 is 10.9 Å². The van der Waals surface area contributed by atoms with Crippen LogP contribution in [0.3, 0.4) is 0 Å². The number of fused-ring (bicyclic) bond motifs is 1. The maximum atomic E-state index is 13.6. The van der Waals surface area contributed by atoms with Crippen molar-refractivity contribution in [1.29, 1.82) is 0 Å². The highest BCUT2D eigenvalue weighted by Gasteiger charge is 2.18. The average Bonchev–Trinajstić information content (AvgIpc) is 3.40. The molecule has 0 saturated carbocycles. The maximum Gasteiger partial charge on any atom is 0.263 e. The zero-order valence-corrected chi connectivity index (χ0v) is 18.7. The lowest BCUT2D eigenvalue weighted by Crippen LogP contribution is -2.37. The van der Waals surface area contributed by atoms with Gasteiger partial charge in [0.1, 0.15) is 17.2 Å². The third-order valence-corrected chi connectivity index (χ3v) is 6.80. The highest BCUT2D eigenvalue weighted by atomic mass is 32.1. The van der Waals surface area contributed by atoms with Crippen LogP contribution in [0.4, 0.5) is 4.39 Å². The lowest BCUT2D eigenvalue weighted by atomic mass is 10.1. The molecule has 6 nitrogen and oxygen atoms in total. The smallest absolute Gasteiger partial charge is 0.263 e. The summed E-state index contributed by atoms with van der Waals surface area (Å²) in [4.78, 5) is 33.6. The minimum absolute atomic E-state index is 0.134. The molecule has 0 saturated heterocycles. The van der Waals surface area contributed by atoms with E-state index < -0.39 is 0 Å². The van der Waals surface area contributed by atoms with Gasteiger partial charge < -0.3 is 10.2 Å². The average molecular weight is 457 g/mol. The summed E-state index contributed by atoms with van der Waals surface area (Å²) >= 11 is 2.97. The molecule has 1 N–H and O–H groups in total. The fourth-order valence-electron chi connectivity index (χ4n) is 3.43. The van der Waals surface area contributed by atoms with Crippen LogP contribution in [-0.2, 0) is 11.3 Å². The molecule has 4 aromatic rings. The molecular weight excluding hydrogens is 435 g/mol. The topological polar surface area (TPSA) is 67.2 Å². The van der Waals surface area contributed by atoms with Gasteiger partial charge in [0.2, 0.25) is 5.91 Å². The normalized spacial score (nSPS) is 12.4. The second-order valence-corrected chi connectivity index (χ2v) is 9.13. The summed E-state index contributed by atoms with van der Waals surface area (Å²) in [6.07, 6.45) is 1.41. The summed E-state index contributed by atoms with van der Waals surface area (Å²) in [5, 5.41) is 7.28. The maximum absolute atomic E-state index is 13.6. The molecule has 3 heterocycles. The largest absolute Gasteiger partial charge is 0.353 e. The van der Waals surface area contributed by atoms with Crippen molar-refractivity contribution in [3.05, 3.63) is 75.2 Å². The van der Waals surface area contributed by atoms with E-state index in [2.05, 4.69) is 10.3 Å². The number of likely N-dealkylation sites (N-methyl/N-ethyl adjacent to an activating group) is 1. The van der Waals surface area contributed by atoms with Gasteiger partial charge in [0, 0.05) is 22.4 Å². The Bertz CT molecular complexity index is 1260. The number of thiophene rings is 2. The molecule has 0 radical (unpaired) electrons. The van der Waals surface area contributed by atoms with Gasteiger partial charge in [0.05, 0.1) is 17.8 Å². The number of hydrogen-bond acceptors (Lipinski definition) is 6. The zero-order chi connectivity index (χ0) is 22.0. The van der Waals surface area contributed by atoms with Gasteiger partial charge in [-0.1, -0.05) is 18.2 Å². The van der Waals surface area contributed by atoms with E-state index in [-0.39, 0.29) is 29.9 Å². The highest BCUT2D eigenvalue weighted by Crippen LogP contribution is 2.33. The van der Waals surface area contributed by atoms with Crippen molar-refractivity contribution in [1.82, 2.24) is 19.8 Å². The molecule has 160 valence electrons. The number of nitrogens with one attached hydrogen (secondary N) is 1. The predicted octanol–water partition coefficient (Wildman–Crippen LogP) is 3.74. The van der Waals surface area contributed by atoms with Gasteiger partial charge in [-0.3, -0.25) is 14.2 Å². The first-order chi connectivity index (χ1) is 14.9. The summed E-state index contributed by atoms with van der Waals surface area (Å²) in [7, 11) is 3.74. The summed E-state index contributed by atoms with van der Waals surface area (Å²) in [6, 6.07) is 10.0. The van der Waals surface area contributed by atoms with Gasteiger partial charge in [-0.2, -0.15) is 0 Å². The fraction of sp³-hybridized carbons (Fsp3) is 0.227. The molecule has 0 fully saturated rings. The fourth-order valence-corrected chi connectivity index (χ4v) is 5.15. The van der Waals surface area contributed by atoms with E-state index in [4.69, 9.17) is 0 Å². The van der Waals surface area contributed by atoms with Crippen LogP contribution in [0.1, 0.15) is 11.6 Å². The third-order valence-electron chi connectivity index (χ3n) is 5.01. The molecule has 1 atom stereocenters. The quantitative estimate of drug-likeness (QED) is 0.460. The summed E-state index contributed by atoms with van der Waals surface area (Å²) < 4.78 is 14.9. The van der Waals surface area contributed by atoms with Crippen LogP contribution >= 0.6 is 22.7 Å². The predicted molar refractivity (Wildman–Crippen MR) is 123 cm³/mol. The molecule has 1 aromatic carbocycles. The Kier molecular flexibility index (Phi) is 6.26. The lowest BCUT2D eigenvalue weighted by molar-refractivity contribution is -0.121. The third kappa shape index (κ3) is 4.58. The molecule has 0 aliphatic carbocycles.